The van der Waals surface area contributed by atoms with Crippen LogP contribution in [0.15, 0.2) is 6.07 Å². The van der Waals surface area contributed by atoms with Crippen molar-refractivity contribution in [3.8, 4) is 0 Å². The van der Waals surface area contributed by atoms with E-state index >= 15 is 0 Å². The molecule has 7 nitrogen and oxygen atoms in total. The maximum atomic E-state index is 12.8. The first-order valence-corrected chi connectivity index (χ1v) is 12.3. The van der Waals surface area contributed by atoms with Crippen LogP contribution in [0.25, 0.3) is 0 Å². The quantitative estimate of drug-likeness (QED) is 0.641. The van der Waals surface area contributed by atoms with Crippen LogP contribution in [-0.2, 0) is 35.9 Å². The standard InChI is InChI=1S/C21H34N4O3S/c1-4-24(5-2)13-14-25(6-3)29(27,28)23-21(26)22-20-18-11-7-9-16(18)15-17-10-8-12-19(17)20/h15H,4-14H2,1-3H3,(H2,22,23,26). The second-order valence-corrected chi connectivity index (χ2v) is 9.48. The predicted octanol–water partition coefficient (Wildman–Crippen LogP) is 2.69. The smallest absolute Gasteiger partial charge is 0.307 e. The van der Waals surface area contributed by atoms with E-state index in [-0.39, 0.29) is 0 Å². The number of urea groups is 1. The molecule has 2 amide bonds. The van der Waals surface area contributed by atoms with Gasteiger partial charge < -0.3 is 10.2 Å². The van der Waals surface area contributed by atoms with Crippen LogP contribution in [0.1, 0.15) is 55.9 Å². The Morgan fingerprint density at radius 2 is 1.52 bits per heavy atom. The average Bonchev–Trinajstić information content (AvgIpc) is 3.33. The van der Waals surface area contributed by atoms with Crippen LogP contribution in [0.5, 0.6) is 0 Å². The third-order valence-corrected chi connectivity index (χ3v) is 7.75. The summed E-state index contributed by atoms with van der Waals surface area (Å²) in [5.74, 6) is 0. The van der Waals surface area contributed by atoms with Crippen LogP contribution >= 0.6 is 0 Å². The lowest BCUT2D eigenvalue weighted by molar-refractivity contribution is 0.254. The maximum absolute atomic E-state index is 12.8. The zero-order valence-corrected chi connectivity index (χ0v) is 18.7. The summed E-state index contributed by atoms with van der Waals surface area (Å²) in [6.45, 7) is 8.95. The Labute approximate surface area is 175 Å². The van der Waals surface area contributed by atoms with Crippen molar-refractivity contribution in [3.05, 3.63) is 28.3 Å². The van der Waals surface area contributed by atoms with E-state index in [0.29, 0.717) is 19.6 Å². The Morgan fingerprint density at radius 1 is 0.931 bits per heavy atom. The molecule has 1 aromatic carbocycles. The summed E-state index contributed by atoms with van der Waals surface area (Å²) >= 11 is 0. The highest BCUT2D eigenvalue weighted by atomic mass is 32.2. The highest BCUT2D eigenvalue weighted by Crippen LogP contribution is 2.38. The van der Waals surface area contributed by atoms with Gasteiger partial charge in [0.05, 0.1) is 0 Å². The zero-order chi connectivity index (χ0) is 21.0. The fraction of sp³-hybridized carbons (Fsp3) is 0.667. The summed E-state index contributed by atoms with van der Waals surface area (Å²) in [7, 11) is -3.89. The molecule has 162 valence electrons. The van der Waals surface area contributed by atoms with Gasteiger partial charge in [-0.25, -0.2) is 9.52 Å². The second-order valence-electron chi connectivity index (χ2n) is 7.81. The van der Waals surface area contributed by atoms with Gasteiger partial charge in [0.15, 0.2) is 0 Å². The molecule has 0 aromatic heterocycles. The van der Waals surface area contributed by atoms with Gasteiger partial charge in [0.1, 0.15) is 0 Å². The van der Waals surface area contributed by atoms with Crippen molar-refractivity contribution in [2.75, 3.05) is 38.0 Å². The molecule has 29 heavy (non-hydrogen) atoms. The molecular weight excluding hydrogens is 388 g/mol. The average molecular weight is 423 g/mol. The van der Waals surface area contributed by atoms with E-state index in [1.165, 1.54) is 26.6 Å². The minimum Gasteiger partial charge on any atom is -0.307 e. The first-order chi connectivity index (χ1) is 13.9. The summed E-state index contributed by atoms with van der Waals surface area (Å²) in [5.41, 5.74) is 5.84. The number of fused-ring (bicyclic) bond motifs is 2. The number of carbonyl (C=O) groups is 1. The van der Waals surface area contributed by atoms with Gasteiger partial charge in [-0.1, -0.05) is 26.8 Å². The summed E-state index contributed by atoms with van der Waals surface area (Å²) in [6, 6.07) is 1.62. The number of nitrogens with zero attached hydrogens (tertiary/aromatic N) is 2. The largest absolute Gasteiger partial charge is 0.333 e. The molecule has 8 heteroatoms. The molecule has 2 aliphatic rings. The zero-order valence-electron chi connectivity index (χ0n) is 17.9. The number of aryl methyl sites for hydroxylation is 2. The SMILES string of the molecule is CCN(CC)CCN(CC)S(=O)(=O)NC(=O)Nc1c2c(cc3c1CCC3)CCC2. The van der Waals surface area contributed by atoms with Crippen molar-refractivity contribution in [3.63, 3.8) is 0 Å². The van der Waals surface area contributed by atoms with E-state index in [9.17, 15) is 13.2 Å². The highest BCUT2D eigenvalue weighted by molar-refractivity contribution is 7.87. The predicted molar refractivity (Wildman–Crippen MR) is 117 cm³/mol. The molecule has 0 fully saturated rings. The number of benzene rings is 1. The monoisotopic (exact) mass is 422 g/mol. The van der Waals surface area contributed by atoms with Crippen molar-refractivity contribution in [1.29, 1.82) is 0 Å². The van der Waals surface area contributed by atoms with Gasteiger partial charge in [-0.3, -0.25) is 0 Å². The maximum Gasteiger partial charge on any atom is 0.333 e. The van der Waals surface area contributed by atoms with Crippen molar-refractivity contribution in [1.82, 2.24) is 13.9 Å². The first kappa shape index (κ1) is 22.1. The van der Waals surface area contributed by atoms with Crippen LogP contribution in [0, 0.1) is 0 Å². The van der Waals surface area contributed by atoms with E-state index < -0.39 is 16.2 Å². The minimum absolute atomic E-state index is 0.319. The van der Waals surface area contributed by atoms with E-state index in [2.05, 4.69) is 34.9 Å². The molecule has 0 atom stereocenters. The van der Waals surface area contributed by atoms with Crippen LogP contribution in [-0.4, -0.2) is 56.4 Å². The molecule has 1 aromatic rings. The summed E-state index contributed by atoms with van der Waals surface area (Å²) < 4.78 is 29.1. The van der Waals surface area contributed by atoms with Crippen LogP contribution in [0.2, 0.25) is 0 Å². The normalized spacial score (nSPS) is 15.6. The molecule has 0 unspecified atom stereocenters. The Kier molecular flexibility index (Phi) is 7.19. The Hall–Kier alpha value is -1.64. The fourth-order valence-corrected chi connectivity index (χ4v) is 5.61. The molecule has 0 bridgehead atoms. The molecule has 0 heterocycles. The molecule has 2 aliphatic carbocycles. The van der Waals surface area contributed by atoms with Crippen LogP contribution in [0.3, 0.4) is 0 Å². The molecule has 2 N–H and O–H groups in total. The van der Waals surface area contributed by atoms with Crippen molar-refractivity contribution >= 4 is 21.9 Å². The first-order valence-electron chi connectivity index (χ1n) is 10.9. The Morgan fingerprint density at radius 3 is 2.03 bits per heavy atom. The lowest BCUT2D eigenvalue weighted by Gasteiger charge is -2.25. The number of carbonyl (C=O) groups excluding carboxylic acids is 1. The van der Waals surface area contributed by atoms with Gasteiger partial charge in [-0.2, -0.15) is 12.7 Å². The molecular formula is C21H34N4O3S. The lowest BCUT2D eigenvalue weighted by atomic mass is 9.99. The Bertz CT molecular complexity index is 818. The summed E-state index contributed by atoms with van der Waals surface area (Å²) in [4.78, 5) is 14.8. The molecule has 0 saturated heterocycles. The number of likely N-dealkylation sites (N-methyl/N-ethyl adjacent to an activating group) is 2. The van der Waals surface area contributed by atoms with E-state index in [0.717, 1.165) is 57.3 Å². The van der Waals surface area contributed by atoms with Crippen molar-refractivity contribution in [2.24, 2.45) is 0 Å². The number of amides is 2. The van der Waals surface area contributed by atoms with E-state index in [4.69, 9.17) is 0 Å². The Balaban J connectivity index is 1.70. The minimum atomic E-state index is -3.89. The van der Waals surface area contributed by atoms with Gasteiger partial charge in [0.2, 0.25) is 0 Å². The van der Waals surface area contributed by atoms with Gasteiger partial charge in [0.25, 0.3) is 0 Å². The van der Waals surface area contributed by atoms with Gasteiger partial charge in [0, 0.05) is 25.3 Å². The topological polar surface area (TPSA) is 81.8 Å². The molecule has 3 rings (SSSR count). The molecule has 0 spiro atoms. The second kappa shape index (κ2) is 9.45. The van der Waals surface area contributed by atoms with E-state index in [1.54, 1.807) is 6.92 Å². The summed E-state index contributed by atoms with van der Waals surface area (Å²) in [6.07, 6.45) is 6.12. The van der Waals surface area contributed by atoms with Gasteiger partial charge >= 0.3 is 16.2 Å². The van der Waals surface area contributed by atoms with Gasteiger partial charge in [-0.05, 0) is 73.9 Å². The highest BCUT2D eigenvalue weighted by Gasteiger charge is 2.27. The number of nitrogens with one attached hydrogen (secondary N) is 2. The fourth-order valence-electron chi connectivity index (χ4n) is 4.53. The van der Waals surface area contributed by atoms with Crippen LogP contribution in [0.4, 0.5) is 10.5 Å². The number of hydrogen-bond acceptors (Lipinski definition) is 4. The van der Waals surface area contributed by atoms with E-state index in [1.807, 2.05) is 0 Å². The summed E-state index contributed by atoms with van der Waals surface area (Å²) in [5, 5.41) is 2.90. The van der Waals surface area contributed by atoms with Crippen molar-refractivity contribution in [2.45, 2.75) is 59.3 Å². The number of hydrogen-bond donors (Lipinski definition) is 2. The van der Waals surface area contributed by atoms with Crippen LogP contribution < -0.4 is 10.0 Å². The number of rotatable bonds is 9. The third kappa shape index (κ3) is 4.92. The van der Waals surface area contributed by atoms with Gasteiger partial charge in [-0.15, -0.1) is 0 Å². The third-order valence-electron chi connectivity index (χ3n) is 6.19. The molecule has 0 radical (unpaired) electrons. The number of anilines is 1. The molecule has 0 saturated carbocycles. The van der Waals surface area contributed by atoms with Crippen molar-refractivity contribution < 1.29 is 13.2 Å². The lowest BCUT2D eigenvalue weighted by Crippen LogP contribution is -2.47. The molecule has 0 aliphatic heterocycles.